The summed E-state index contributed by atoms with van der Waals surface area (Å²) in [5.74, 6) is 1.53. The predicted octanol–water partition coefficient (Wildman–Crippen LogP) is 4.27. The van der Waals surface area contributed by atoms with E-state index in [1.165, 1.54) is 5.56 Å². The second kappa shape index (κ2) is 7.29. The van der Waals surface area contributed by atoms with Crippen LogP contribution in [0.4, 0.5) is 0 Å². The number of nitrogens with zero attached hydrogens (tertiary/aromatic N) is 1. The fraction of sp³-hybridized carbons (Fsp3) is 0.588. The van der Waals surface area contributed by atoms with Gasteiger partial charge in [-0.2, -0.15) is 5.26 Å². The topological polar surface area (TPSA) is 45.0 Å². The van der Waals surface area contributed by atoms with Crippen LogP contribution in [0.25, 0.3) is 0 Å². The van der Waals surface area contributed by atoms with Crippen molar-refractivity contribution >= 4 is 15.9 Å². The summed E-state index contributed by atoms with van der Waals surface area (Å²) in [6.07, 6.45) is 2.81. The molecule has 0 aromatic heterocycles. The van der Waals surface area contributed by atoms with Crippen LogP contribution in [0.2, 0.25) is 0 Å². The van der Waals surface area contributed by atoms with E-state index in [0.29, 0.717) is 18.9 Å². The summed E-state index contributed by atoms with van der Waals surface area (Å²) in [7, 11) is 0. The normalized spacial score (nSPS) is 15.8. The van der Waals surface area contributed by atoms with Crippen molar-refractivity contribution in [3.63, 3.8) is 0 Å². The first-order valence-corrected chi connectivity index (χ1v) is 8.33. The molecule has 0 spiro atoms. The smallest absolute Gasteiger partial charge is 0.133 e. The molecule has 4 heteroatoms. The zero-order valence-electron chi connectivity index (χ0n) is 12.8. The van der Waals surface area contributed by atoms with Gasteiger partial charge < -0.3 is 10.1 Å². The molecule has 0 bridgehead atoms. The van der Waals surface area contributed by atoms with E-state index in [9.17, 15) is 0 Å². The highest BCUT2D eigenvalue weighted by atomic mass is 79.9. The van der Waals surface area contributed by atoms with E-state index in [1.807, 2.05) is 6.07 Å². The second-order valence-electron chi connectivity index (χ2n) is 6.41. The van der Waals surface area contributed by atoms with E-state index >= 15 is 0 Å². The van der Waals surface area contributed by atoms with Crippen molar-refractivity contribution in [2.45, 2.75) is 39.7 Å². The van der Waals surface area contributed by atoms with Gasteiger partial charge in [0.2, 0.25) is 0 Å². The molecule has 0 atom stereocenters. The molecule has 1 saturated carbocycles. The van der Waals surface area contributed by atoms with Crippen molar-refractivity contribution in [2.75, 3.05) is 13.2 Å². The molecule has 114 valence electrons. The van der Waals surface area contributed by atoms with E-state index in [4.69, 9.17) is 10.00 Å². The Morgan fingerprint density at radius 3 is 2.76 bits per heavy atom. The Hall–Kier alpha value is -1.05. The van der Waals surface area contributed by atoms with Crippen LogP contribution in [0, 0.1) is 22.7 Å². The Morgan fingerprint density at radius 1 is 1.43 bits per heavy atom. The minimum Gasteiger partial charge on any atom is -0.492 e. The highest BCUT2D eigenvalue weighted by molar-refractivity contribution is 9.10. The number of rotatable bonds is 8. The minimum atomic E-state index is 0.117. The van der Waals surface area contributed by atoms with Crippen molar-refractivity contribution in [3.8, 4) is 11.8 Å². The molecule has 1 fully saturated rings. The van der Waals surface area contributed by atoms with Crippen LogP contribution in [0.3, 0.4) is 0 Å². The summed E-state index contributed by atoms with van der Waals surface area (Å²) in [6.45, 7) is 6.94. The molecule has 1 N–H and O–H groups in total. The van der Waals surface area contributed by atoms with Crippen LogP contribution in [0.5, 0.6) is 5.75 Å². The molecule has 0 unspecified atom stereocenters. The number of hydrogen-bond donors (Lipinski definition) is 1. The molecule has 0 radical (unpaired) electrons. The van der Waals surface area contributed by atoms with E-state index in [-0.39, 0.29) is 5.41 Å². The number of benzene rings is 1. The summed E-state index contributed by atoms with van der Waals surface area (Å²) in [6, 6.07) is 8.47. The van der Waals surface area contributed by atoms with Crippen molar-refractivity contribution in [1.82, 2.24) is 5.32 Å². The highest BCUT2D eigenvalue weighted by Crippen LogP contribution is 2.49. The summed E-state index contributed by atoms with van der Waals surface area (Å²) in [4.78, 5) is 0. The number of ether oxygens (including phenoxy) is 1. The third kappa shape index (κ3) is 5.01. The van der Waals surface area contributed by atoms with Gasteiger partial charge in [-0.1, -0.05) is 19.9 Å². The van der Waals surface area contributed by atoms with Gasteiger partial charge in [0.15, 0.2) is 0 Å². The quantitative estimate of drug-likeness (QED) is 0.761. The van der Waals surface area contributed by atoms with Gasteiger partial charge in [0.25, 0.3) is 0 Å². The molecular weight excluding hydrogens is 328 g/mol. The lowest BCUT2D eigenvalue weighted by Gasteiger charge is -2.15. The molecule has 1 aliphatic rings. The fourth-order valence-corrected chi connectivity index (χ4v) is 2.76. The lowest BCUT2D eigenvalue weighted by atomic mass is 10.1. The molecule has 0 heterocycles. The van der Waals surface area contributed by atoms with Gasteiger partial charge in [0, 0.05) is 18.4 Å². The minimum absolute atomic E-state index is 0.117. The average Bonchev–Trinajstić information content (AvgIpc) is 3.18. The Labute approximate surface area is 135 Å². The Bertz CT molecular complexity index is 518. The monoisotopic (exact) mass is 350 g/mol. The molecule has 21 heavy (non-hydrogen) atoms. The standard InChI is InChI=1S/C17H23BrN2O/c1-13(2)10-20-11-14-3-4-16(15(18)9-14)21-12-17(5-6-17)7-8-19/h3-4,9,13,20H,5-7,10-12H2,1-2H3. The molecule has 1 aliphatic carbocycles. The van der Waals surface area contributed by atoms with E-state index < -0.39 is 0 Å². The van der Waals surface area contributed by atoms with Gasteiger partial charge in [-0.05, 0) is 58.9 Å². The van der Waals surface area contributed by atoms with Gasteiger partial charge >= 0.3 is 0 Å². The Balaban J connectivity index is 1.86. The van der Waals surface area contributed by atoms with E-state index in [0.717, 1.165) is 36.2 Å². The predicted molar refractivity (Wildman–Crippen MR) is 88.1 cm³/mol. The molecular formula is C17H23BrN2O. The molecule has 0 saturated heterocycles. The lowest BCUT2D eigenvalue weighted by molar-refractivity contribution is 0.235. The number of hydrogen-bond acceptors (Lipinski definition) is 3. The first kappa shape index (κ1) is 16.3. The lowest BCUT2D eigenvalue weighted by Crippen LogP contribution is -2.19. The van der Waals surface area contributed by atoms with Gasteiger partial charge in [-0.15, -0.1) is 0 Å². The van der Waals surface area contributed by atoms with Crippen molar-refractivity contribution in [2.24, 2.45) is 11.3 Å². The third-order valence-corrected chi connectivity index (χ3v) is 4.44. The Morgan fingerprint density at radius 2 is 2.19 bits per heavy atom. The zero-order chi connectivity index (χ0) is 15.3. The highest BCUT2D eigenvalue weighted by Gasteiger charge is 2.43. The second-order valence-corrected chi connectivity index (χ2v) is 7.27. The van der Waals surface area contributed by atoms with Crippen molar-refractivity contribution in [1.29, 1.82) is 5.26 Å². The SMILES string of the molecule is CC(C)CNCc1ccc(OCC2(CC#N)CC2)c(Br)c1. The van der Waals surface area contributed by atoms with Gasteiger partial charge in [0.05, 0.1) is 17.1 Å². The Kier molecular flexibility index (Phi) is 5.66. The summed E-state index contributed by atoms with van der Waals surface area (Å²) >= 11 is 3.58. The molecule has 0 amide bonds. The summed E-state index contributed by atoms with van der Waals surface area (Å²) in [5, 5.41) is 12.3. The van der Waals surface area contributed by atoms with Crippen molar-refractivity contribution < 1.29 is 4.74 Å². The van der Waals surface area contributed by atoms with Gasteiger partial charge in [-0.25, -0.2) is 0 Å². The maximum Gasteiger partial charge on any atom is 0.133 e. The maximum absolute atomic E-state index is 8.83. The first-order valence-electron chi connectivity index (χ1n) is 7.53. The van der Waals surface area contributed by atoms with Crippen LogP contribution >= 0.6 is 15.9 Å². The zero-order valence-corrected chi connectivity index (χ0v) is 14.4. The van der Waals surface area contributed by atoms with Crippen molar-refractivity contribution in [3.05, 3.63) is 28.2 Å². The van der Waals surface area contributed by atoms with Crippen LogP contribution in [-0.4, -0.2) is 13.2 Å². The number of halogens is 1. The van der Waals surface area contributed by atoms with E-state index in [2.05, 4.69) is 53.3 Å². The van der Waals surface area contributed by atoms with Crippen LogP contribution in [0.15, 0.2) is 22.7 Å². The first-order chi connectivity index (χ1) is 10.0. The van der Waals surface area contributed by atoms with E-state index in [1.54, 1.807) is 0 Å². The van der Waals surface area contributed by atoms with Crippen LogP contribution < -0.4 is 10.1 Å². The maximum atomic E-state index is 8.83. The molecule has 3 nitrogen and oxygen atoms in total. The molecule has 2 rings (SSSR count). The van der Waals surface area contributed by atoms with Gasteiger partial charge in [-0.3, -0.25) is 0 Å². The van der Waals surface area contributed by atoms with Gasteiger partial charge in [0.1, 0.15) is 5.75 Å². The molecule has 0 aliphatic heterocycles. The number of nitriles is 1. The third-order valence-electron chi connectivity index (χ3n) is 3.82. The fourth-order valence-electron chi connectivity index (χ4n) is 2.22. The molecule has 1 aromatic rings. The molecule has 1 aromatic carbocycles. The largest absolute Gasteiger partial charge is 0.492 e. The average molecular weight is 351 g/mol. The van der Waals surface area contributed by atoms with Crippen LogP contribution in [0.1, 0.15) is 38.7 Å². The summed E-state index contributed by atoms with van der Waals surface area (Å²) < 4.78 is 6.88. The number of nitrogens with one attached hydrogen (secondary N) is 1. The van der Waals surface area contributed by atoms with Crippen LogP contribution in [-0.2, 0) is 6.54 Å². The summed E-state index contributed by atoms with van der Waals surface area (Å²) in [5.41, 5.74) is 1.36.